The third-order valence-corrected chi connectivity index (χ3v) is 20.8. The van der Waals surface area contributed by atoms with Crippen LogP contribution in [0.2, 0.25) is 0 Å². The Morgan fingerprint density at radius 3 is 1.51 bits per heavy atom. The molecule has 0 aromatic heterocycles. The average molecular weight is 1380 g/mol. The maximum atomic E-state index is 13.7. The number of likely N-dealkylation sites (N-methyl/N-ethyl adjacent to an activating group) is 2. The van der Waals surface area contributed by atoms with E-state index in [4.69, 9.17) is 43.6 Å². The summed E-state index contributed by atoms with van der Waals surface area (Å²) < 4.78 is 86.3. The van der Waals surface area contributed by atoms with E-state index in [1.54, 1.807) is 13.8 Å². The highest BCUT2D eigenvalue weighted by atomic mass is 19.4. The van der Waals surface area contributed by atoms with Crippen molar-refractivity contribution in [2.45, 2.75) is 160 Å². The minimum absolute atomic E-state index is 0.00237. The lowest BCUT2D eigenvalue weighted by Crippen LogP contribution is -2.69. The van der Waals surface area contributed by atoms with E-state index in [-0.39, 0.29) is 86.0 Å². The quantitative estimate of drug-likeness (QED) is 0.0405. The number of nitriles is 2. The van der Waals surface area contributed by atoms with E-state index in [1.807, 2.05) is 51.9 Å². The summed E-state index contributed by atoms with van der Waals surface area (Å²) in [5.41, 5.74) is 13.9. The molecule has 25 nitrogen and oxygen atoms in total. The Labute approximate surface area is 575 Å². The summed E-state index contributed by atoms with van der Waals surface area (Å²) >= 11 is 0. The first-order valence-electron chi connectivity index (χ1n) is 32.8. The van der Waals surface area contributed by atoms with Crippen LogP contribution < -0.4 is 59.6 Å². The first kappa shape index (κ1) is 70.0. The Morgan fingerprint density at radius 2 is 1.10 bits per heavy atom. The number of phenolic OH excluding ortho intramolecular Hbond substituents is 2. The Hall–Kier alpha value is -9.84. The van der Waals surface area contributed by atoms with Crippen molar-refractivity contribution in [2.75, 3.05) is 55.0 Å². The zero-order valence-corrected chi connectivity index (χ0v) is 57.3. The van der Waals surface area contributed by atoms with Crippen LogP contribution >= 0.6 is 0 Å². The molecule has 8 heterocycles. The zero-order valence-electron chi connectivity index (χ0n) is 57.3. The summed E-state index contributed by atoms with van der Waals surface area (Å²) in [6.07, 6.45) is -0.661. The summed E-state index contributed by atoms with van der Waals surface area (Å²) in [5.74, 6) is 0.613. The van der Waals surface area contributed by atoms with Gasteiger partial charge in [-0.2, -0.15) is 23.7 Å². The molecule has 4 bridgehead atoms. The third-order valence-electron chi connectivity index (χ3n) is 20.8. The Kier molecular flexibility index (Phi) is 18.9. The van der Waals surface area contributed by atoms with E-state index in [1.165, 1.54) is 53.2 Å². The molecule has 0 saturated carbocycles. The van der Waals surface area contributed by atoms with Crippen LogP contribution in [0.15, 0.2) is 42.5 Å². The number of hydrogen-bond acceptors (Lipinski definition) is 22. The largest absolute Gasteiger partial charge is 0.504 e. The van der Waals surface area contributed by atoms with Crippen LogP contribution in [0, 0.1) is 50.4 Å². The number of nitrogens with zero attached hydrogens (tertiary/aromatic N) is 6. The van der Waals surface area contributed by atoms with Crippen molar-refractivity contribution in [1.82, 2.24) is 35.6 Å². The number of phenols is 2. The second-order valence-electron chi connectivity index (χ2n) is 26.7. The smallest absolute Gasteiger partial charge is 0.416 e. The molecular weight excluding hydrogens is 1300 g/mol. The normalized spacial score (nSPS) is 24.1. The van der Waals surface area contributed by atoms with Crippen molar-refractivity contribution >= 4 is 35.7 Å². The molecule has 5 aromatic rings. The number of fused-ring (bicyclic) bond motifs is 18. The second-order valence-corrected chi connectivity index (χ2v) is 26.7. The van der Waals surface area contributed by atoms with Gasteiger partial charge in [-0.15, -0.1) is 0 Å². The molecule has 28 heteroatoms. The number of halogens is 3. The fourth-order valence-corrected chi connectivity index (χ4v) is 16.6. The average Bonchev–Trinajstić information content (AvgIpc) is 0.924. The number of rotatable bonds is 13. The van der Waals surface area contributed by atoms with Gasteiger partial charge in [0.25, 0.3) is 0 Å². The maximum absolute atomic E-state index is 13.7. The van der Waals surface area contributed by atoms with Crippen LogP contribution in [0.1, 0.15) is 130 Å². The van der Waals surface area contributed by atoms with Gasteiger partial charge in [0.1, 0.15) is 29.6 Å². The van der Waals surface area contributed by atoms with E-state index >= 15 is 0 Å². The molecule has 8 aliphatic heterocycles. The van der Waals surface area contributed by atoms with Crippen LogP contribution in [0.4, 0.5) is 13.2 Å². The molecule has 0 spiro atoms. The number of hydrogen-bond donors (Lipinski definition) is 6. The number of nitrogens with one attached hydrogen (secondary N) is 3. The van der Waals surface area contributed by atoms with Gasteiger partial charge in [-0.1, -0.05) is 24.3 Å². The first-order valence-corrected chi connectivity index (χ1v) is 32.8. The molecule has 8 aliphatic rings. The van der Waals surface area contributed by atoms with Crippen molar-refractivity contribution < 1.29 is 85.3 Å². The van der Waals surface area contributed by atoms with E-state index in [0.717, 1.165) is 51.6 Å². The van der Waals surface area contributed by atoms with E-state index in [0.29, 0.717) is 92.9 Å². The van der Waals surface area contributed by atoms with Crippen LogP contribution in [0.3, 0.4) is 0 Å². The van der Waals surface area contributed by atoms with Crippen molar-refractivity contribution in [3.8, 4) is 69.6 Å². The van der Waals surface area contributed by atoms with Crippen LogP contribution in [0.5, 0.6) is 57.5 Å². The summed E-state index contributed by atoms with van der Waals surface area (Å²) in [6.45, 7) is 13.0. The van der Waals surface area contributed by atoms with Crippen molar-refractivity contribution in [3.63, 3.8) is 0 Å². The molecule has 12 atom stereocenters. The number of aryl methyl sites for hydroxylation is 2. The Morgan fingerprint density at radius 1 is 0.660 bits per heavy atom. The molecule has 3 amide bonds. The molecular formula is C72H79F3N10O15. The number of aromatic hydroxyl groups is 2. The lowest BCUT2D eigenvalue weighted by molar-refractivity contribution is -0.137. The van der Waals surface area contributed by atoms with E-state index < -0.39 is 83.8 Å². The van der Waals surface area contributed by atoms with Crippen molar-refractivity contribution in [3.05, 3.63) is 120 Å². The number of esters is 2. The number of methoxy groups -OCH3 is 2. The molecule has 2 saturated heterocycles. The van der Waals surface area contributed by atoms with Crippen molar-refractivity contribution in [1.29, 1.82) is 10.5 Å². The minimum Gasteiger partial charge on any atom is -0.504 e. The van der Waals surface area contributed by atoms with E-state index in [9.17, 15) is 57.9 Å². The standard InChI is InChI=1S/C41H42F3N5O8.C31H37N5O7/c1-19-12-24-14-27-29(16-45)49-28(34(48(27)5)32(24)35(52)36(19)54-6)15-26-33(39-38(55-18-56-39)20(2)37(26)57-22(4)50)30(49)17-46-40(53)21(3)47-31(51)11-10-23-8-7-9-25(13-23)41(42,43)44;1-13-7-17-8-19-21(10-32)36-20(25(35(19)5)23(17)26(38)27(13)40-6)9-18-24(22(36)11-34-31(39)15(3)33)30-29(41-12-42-30)14(2)28(18)43-16(4)37/h7-13,21,27-30,34,52H,14-15,17-18H2,1-6H3,(H,46,53)(H,47,51);7,15,19-22,25,38H,8-9,11-12,33H2,1-6H3,(H,34,39)/b11-10+;/t21-,27+,28?,29+,30+,34+;15-,19+,20?,21+,22+,25+/m11/s1. The predicted molar refractivity (Wildman–Crippen MR) is 353 cm³/mol. The van der Waals surface area contributed by atoms with Gasteiger partial charge < -0.3 is 69.8 Å². The van der Waals surface area contributed by atoms with Crippen LogP contribution in [-0.2, 0) is 55.8 Å². The van der Waals surface area contributed by atoms with Gasteiger partial charge in [0.15, 0.2) is 46.0 Å². The Balaban J connectivity index is 0.000000197. The van der Waals surface area contributed by atoms with Crippen LogP contribution in [-0.4, -0.2) is 163 Å². The summed E-state index contributed by atoms with van der Waals surface area (Å²) in [7, 11) is 6.92. The summed E-state index contributed by atoms with van der Waals surface area (Å²) in [5, 5.41) is 53.4. The summed E-state index contributed by atoms with van der Waals surface area (Å²) in [6, 6.07) is 6.97. The maximum Gasteiger partial charge on any atom is 0.416 e. The van der Waals surface area contributed by atoms with Gasteiger partial charge in [-0.05, 0) is 127 Å². The number of ether oxygens (including phenoxy) is 8. The topological polar surface area (TPSA) is 322 Å². The van der Waals surface area contributed by atoms with Gasteiger partial charge >= 0.3 is 18.1 Å². The molecule has 0 aliphatic carbocycles. The fourth-order valence-electron chi connectivity index (χ4n) is 16.6. The van der Waals surface area contributed by atoms with Crippen molar-refractivity contribution in [2.24, 2.45) is 5.73 Å². The monoisotopic (exact) mass is 1380 g/mol. The lowest BCUT2D eigenvalue weighted by atomic mass is 9.71. The van der Waals surface area contributed by atoms with Gasteiger partial charge in [0.05, 0.1) is 62.1 Å². The number of benzene rings is 5. The molecule has 2 unspecified atom stereocenters. The van der Waals surface area contributed by atoms with Gasteiger partial charge in [0, 0.05) is 102 Å². The molecule has 13 rings (SSSR count). The first-order chi connectivity index (χ1) is 47.5. The number of nitrogens with two attached hydrogens (primary N) is 1. The molecule has 0 radical (unpaired) electrons. The minimum atomic E-state index is -4.55. The molecule has 100 heavy (non-hydrogen) atoms. The van der Waals surface area contributed by atoms with E-state index in [2.05, 4.69) is 42.8 Å². The number of carbonyl (C=O) groups is 5. The number of piperazine rings is 2. The zero-order chi connectivity index (χ0) is 72.0. The SMILES string of the molecule is COc1c(C)cc2c(c1O)[C@@H]1C3Cc4c(OC(C)=O)c(C)c5c(c4[C@H](CNC(=O)[C@@H](C)N)N3[C@@H](C#N)[C@H](C2)N1C)OCO5.COc1c(C)cc2c(c1O)[C@@H]1C3Cc4c(OC(C)=O)c(C)c5c(c4[C@H](CNC(=O)[C@@H](C)NC(=O)/C=C/c4cccc(C(F)(F)F)c4)N3[C@@H](C#N)[C@H](C2)N1C)OCO5. The molecule has 5 aromatic carbocycles. The van der Waals surface area contributed by atoms with Gasteiger partial charge in [-0.3, -0.25) is 43.6 Å². The molecule has 7 N–H and O–H groups in total. The highest BCUT2D eigenvalue weighted by molar-refractivity contribution is 5.95. The fraction of sp³-hybridized carbons (Fsp3) is 0.458. The highest BCUT2D eigenvalue weighted by Gasteiger charge is 2.59. The highest BCUT2D eigenvalue weighted by Crippen LogP contribution is 2.61. The lowest BCUT2D eigenvalue weighted by Gasteiger charge is -2.60. The van der Waals surface area contributed by atoms with Gasteiger partial charge in [0.2, 0.25) is 31.3 Å². The van der Waals surface area contributed by atoms with Crippen LogP contribution in [0.25, 0.3) is 6.08 Å². The number of carbonyl (C=O) groups excluding carboxylic acids is 5. The number of amides is 3. The number of alkyl halides is 3. The summed E-state index contributed by atoms with van der Waals surface area (Å²) in [4.78, 5) is 72.7. The molecule has 2 fully saturated rings. The van der Waals surface area contributed by atoms with Gasteiger partial charge in [-0.25, -0.2) is 0 Å². The second kappa shape index (κ2) is 27.0. The predicted octanol–water partition coefficient (Wildman–Crippen LogP) is 6.70. The third kappa shape index (κ3) is 11.9. The molecule has 528 valence electrons. The Bertz CT molecular complexity index is 4340.